The SMILES string of the molecule is COc1ccc(-c2nn(-c3ccccc3)cc2C=c2sc3nc(-c4ccc(Br)cc4)nn3c2=O)cc1F. The first kappa shape index (κ1) is 23.3. The summed E-state index contributed by atoms with van der Waals surface area (Å²) in [6, 6.07) is 21.8. The van der Waals surface area contributed by atoms with Gasteiger partial charge in [-0.1, -0.05) is 57.6 Å². The van der Waals surface area contributed by atoms with Crippen molar-refractivity contribution >= 4 is 38.3 Å². The fraction of sp³-hybridized carbons (Fsp3) is 0.0370. The molecule has 0 atom stereocenters. The number of benzene rings is 3. The second-order valence-electron chi connectivity index (χ2n) is 8.11. The Kier molecular flexibility index (Phi) is 5.90. The first-order chi connectivity index (χ1) is 18.0. The van der Waals surface area contributed by atoms with Crippen molar-refractivity contribution in [1.29, 1.82) is 0 Å². The molecule has 0 aliphatic carbocycles. The molecular formula is C27H17BrFN5O2S. The van der Waals surface area contributed by atoms with Gasteiger partial charge in [0.15, 0.2) is 17.4 Å². The lowest BCUT2D eigenvalue weighted by molar-refractivity contribution is 0.386. The summed E-state index contributed by atoms with van der Waals surface area (Å²) < 4.78 is 24.0. The third-order valence-corrected chi connectivity index (χ3v) is 7.25. The zero-order valence-corrected chi connectivity index (χ0v) is 21.7. The van der Waals surface area contributed by atoms with Gasteiger partial charge in [-0.2, -0.15) is 14.6 Å². The maximum atomic E-state index is 14.5. The number of halogens is 2. The first-order valence-electron chi connectivity index (χ1n) is 11.2. The quantitative estimate of drug-likeness (QED) is 0.286. The molecule has 182 valence electrons. The lowest BCUT2D eigenvalue weighted by atomic mass is 10.1. The summed E-state index contributed by atoms with van der Waals surface area (Å²) in [5.41, 5.74) is 3.11. The molecule has 37 heavy (non-hydrogen) atoms. The summed E-state index contributed by atoms with van der Waals surface area (Å²) in [5.74, 6) is 0.128. The number of nitrogens with zero attached hydrogens (tertiary/aromatic N) is 5. The molecule has 0 aliphatic heterocycles. The van der Waals surface area contributed by atoms with Crippen LogP contribution in [0.25, 0.3) is 39.4 Å². The van der Waals surface area contributed by atoms with E-state index in [-0.39, 0.29) is 11.3 Å². The van der Waals surface area contributed by atoms with Crippen molar-refractivity contribution in [3.05, 3.63) is 110 Å². The van der Waals surface area contributed by atoms with Crippen LogP contribution < -0.4 is 14.8 Å². The van der Waals surface area contributed by atoms with E-state index in [2.05, 4.69) is 26.0 Å². The predicted octanol–water partition coefficient (Wildman–Crippen LogP) is 5.13. The Labute approximate surface area is 222 Å². The summed E-state index contributed by atoms with van der Waals surface area (Å²) in [5, 5.41) is 9.14. The Morgan fingerprint density at radius 2 is 1.76 bits per heavy atom. The molecule has 3 aromatic heterocycles. The Morgan fingerprint density at radius 1 is 1.00 bits per heavy atom. The zero-order chi connectivity index (χ0) is 25.5. The molecular weight excluding hydrogens is 557 g/mol. The Bertz CT molecular complexity index is 1860. The molecule has 0 saturated heterocycles. The van der Waals surface area contributed by atoms with Crippen molar-refractivity contribution < 1.29 is 9.13 Å². The van der Waals surface area contributed by atoms with Crippen molar-refractivity contribution in [3.63, 3.8) is 0 Å². The van der Waals surface area contributed by atoms with Gasteiger partial charge < -0.3 is 4.74 Å². The summed E-state index contributed by atoms with van der Waals surface area (Å²) >= 11 is 4.65. The van der Waals surface area contributed by atoms with Crippen molar-refractivity contribution in [2.24, 2.45) is 0 Å². The third-order valence-electron chi connectivity index (χ3n) is 5.76. The second-order valence-corrected chi connectivity index (χ2v) is 10.0. The highest BCUT2D eigenvalue weighted by atomic mass is 79.9. The smallest absolute Gasteiger partial charge is 0.291 e. The maximum absolute atomic E-state index is 14.5. The van der Waals surface area contributed by atoms with E-state index in [1.165, 1.54) is 29.0 Å². The molecule has 6 aromatic rings. The highest BCUT2D eigenvalue weighted by molar-refractivity contribution is 9.10. The minimum absolute atomic E-state index is 0.144. The van der Waals surface area contributed by atoms with Crippen molar-refractivity contribution in [2.45, 2.75) is 0 Å². The monoisotopic (exact) mass is 573 g/mol. The Hall–Kier alpha value is -4.15. The van der Waals surface area contributed by atoms with Gasteiger partial charge in [-0.05, 0) is 48.5 Å². The van der Waals surface area contributed by atoms with E-state index in [0.717, 1.165) is 15.7 Å². The number of hydrogen-bond donors (Lipinski definition) is 0. The highest BCUT2D eigenvalue weighted by Crippen LogP contribution is 2.28. The van der Waals surface area contributed by atoms with Crippen LogP contribution in [0.3, 0.4) is 0 Å². The molecule has 0 N–H and O–H groups in total. The molecule has 0 aliphatic rings. The van der Waals surface area contributed by atoms with Crippen LogP contribution in [0.15, 0.2) is 88.3 Å². The number of para-hydroxylation sites is 1. The number of fused-ring (bicyclic) bond motifs is 1. The minimum Gasteiger partial charge on any atom is -0.494 e. The van der Waals surface area contributed by atoms with Crippen LogP contribution in [0.5, 0.6) is 5.75 Å². The number of hydrogen-bond acceptors (Lipinski definition) is 6. The molecule has 0 fully saturated rings. The van der Waals surface area contributed by atoms with Crippen LogP contribution in [0.2, 0.25) is 0 Å². The molecule has 7 nitrogen and oxygen atoms in total. The molecule has 0 radical (unpaired) electrons. The molecule has 0 spiro atoms. The van der Waals surface area contributed by atoms with Crippen LogP contribution in [0, 0.1) is 5.82 Å². The van der Waals surface area contributed by atoms with E-state index in [1.807, 2.05) is 60.8 Å². The van der Waals surface area contributed by atoms with Gasteiger partial charge in [-0.3, -0.25) is 4.79 Å². The molecule has 0 unspecified atom stereocenters. The molecule has 10 heteroatoms. The standard InChI is InChI=1S/C27H17BrFN5O2S/c1-36-22-12-9-17(13-21(22)29)24-18(15-33(31-24)20-5-3-2-4-6-20)14-23-26(35)34-27(37-23)30-25(32-34)16-7-10-19(28)11-8-16/h2-15H,1H3. The third kappa shape index (κ3) is 4.34. The number of rotatable bonds is 5. The second kappa shape index (κ2) is 9.38. The Morgan fingerprint density at radius 3 is 2.46 bits per heavy atom. The van der Waals surface area contributed by atoms with Crippen LogP contribution in [-0.2, 0) is 0 Å². The first-order valence-corrected chi connectivity index (χ1v) is 12.8. The Balaban J connectivity index is 1.48. The van der Waals surface area contributed by atoms with Gasteiger partial charge in [-0.15, -0.1) is 5.10 Å². The molecule has 0 amide bonds. The summed E-state index contributed by atoms with van der Waals surface area (Å²) in [7, 11) is 1.42. The van der Waals surface area contributed by atoms with Gasteiger partial charge in [0, 0.05) is 27.4 Å². The van der Waals surface area contributed by atoms with Crippen LogP contribution in [0.4, 0.5) is 4.39 Å². The fourth-order valence-corrected chi connectivity index (χ4v) is 5.10. The molecule has 0 saturated carbocycles. The highest BCUT2D eigenvalue weighted by Gasteiger charge is 2.16. The van der Waals surface area contributed by atoms with Gasteiger partial charge in [0.05, 0.1) is 17.3 Å². The normalized spacial score (nSPS) is 11.9. The van der Waals surface area contributed by atoms with Crippen LogP contribution >= 0.6 is 27.3 Å². The van der Waals surface area contributed by atoms with Crippen LogP contribution in [-0.4, -0.2) is 31.5 Å². The van der Waals surface area contributed by atoms with E-state index < -0.39 is 5.82 Å². The van der Waals surface area contributed by atoms with Crippen molar-refractivity contribution in [2.75, 3.05) is 7.11 Å². The summed E-state index contributed by atoms with van der Waals surface area (Å²) in [4.78, 5) is 18.3. The topological polar surface area (TPSA) is 74.3 Å². The average Bonchev–Trinajstić information content (AvgIpc) is 3.60. The number of aromatic nitrogens is 5. The number of thiazole rings is 1. The van der Waals surface area contributed by atoms with Crippen molar-refractivity contribution in [3.8, 4) is 34.1 Å². The summed E-state index contributed by atoms with van der Waals surface area (Å²) in [6.07, 6.45) is 3.56. The zero-order valence-electron chi connectivity index (χ0n) is 19.3. The van der Waals surface area contributed by atoms with Gasteiger partial charge in [-0.25, -0.2) is 9.07 Å². The van der Waals surface area contributed by atoms with Gasteiger partial charge in [0.2, 0.25) is 4.96 Å². The fourth-order valence-electron chi connectivity index (χ4n) is 3.94. The van der Waals surface area contributed by atoms with E-state index in [0.29, 0.717) is 32.1 Å². The largest absolute Gasteiger partial charge is 0.494 e. The molecule has 0 bridgehead atoms. The number of methoxy groups -OCH3 is 1. The van der Waals surface area contributed by atoms with E-state index >= 15 is 0 Å². The van der Waals surface area contributed by atoms with E-state index in [1.54, 1.807) is 22.9 Å². The van der Waals surface area contributed by atoms with Crippen molar-refractivity contribution in [1.82, 2.24) is 24.4 Å². The molecule has 3 aromatic carbocycles. The summed E-state index contributed by atoms with van der Waals surface area (Å²) in [6.45, 7) is 0. The lowest BCUT2D eigenvalue weighted by Gasteiger charge is -2.04. The molecule has 6 rings (SSSR count). The van der Waals surface area contributed by atoms with E-state index in [4.69, 9.17) is 9.84 Å². The number of ether oxygens (including phenoxy) is 1. The van der Waals surface area contributed by atoms with Gasteiger partial charge >= 0.3 is 0 Å². The molecule has 3 heterocycles. The predicted molar refractivity (Wildman–Crippen MR) is 145 cm³/mol. The average molecular weight is 574 g/mol. The van der Waals surface area contributed by atoms with Crippen LogP contribution in [0.1, 0.15) is 5.56 Å². The van der Waals surface area contributed by atoms with E-state index in [9.17, 15) is 9.18 Å². The van der Waals surface area contributed by atoms with Gasteiger partial charge in [0.25, 0.3) is 5.56 Å². The maximum Gasteiger partial charge on any atom is 0.291 e. The minimum atomic E-state index is -0.496. The van der Waals surface area contributed by atoms with Gasteiger partial charge in [0.1, 0.15) is 5.69 Å². The lowest BCUT2D eigenvalue weighted by Crippen LogP contribution is -2.23.